The summed E-state index contributed by atoms with van der Waals surface area (Å²) in [5.41, 5.74) is 3.93. The van der Waals surface area contributed by atoms with E-state index in [9.17, 15) is 0 Å². The number of aliphatic hydroxyl groups excluding tert-OH is 1. The minimum atomic E-state index is 0.0760. The first-order chi connectivity index (χ1) is 9.86. The van der Waals surface area contributed by atoms with E-state index in [0.717, 1.165) is 27.7 Å². The fraction of sp³-hybridized carbons (Fsp3) is 0.125. The van der Waals surface area contributed by atoms with Gasteiger partial charge in [-0.05, 0) is 17.2 Å². The fourth-order valence-corrected chi connectivity index (χ4v) is 2.11. The molecule has 0 amide bonds. The van der Waals surface area contributed by atoms with Crippen molar-refractivity contribution in [1.29, 1.82) is 0 Å². The van der Waals surface area contributed by atoms with Crippen molar-refractivity contribution >= 4 is 16.6 Å². The summed E-state index contributed by atoms with van der Waals surface area (Å²) in [5, 5.41) is 21.6. The molecule has 3 rings (SSSR count). The fourth-order valence-electron chi connectivity index (χ4n) is 2.11. The van der Waals surface area contributed by atoms with Crippen LogP contribution in [0.1, 0.15) is 11.1 Å². The predicted octanol–water partition coefficient (Wildman–Crippen LogP) is 2.73. The third-order valence-corrected chi connectivity index (χ3v) is 3.24. The largest absolute Gasteiger partial charge is 0.392 e. The molecule has 0 saturated carbocycles. The number of hydrogen-bond donors (Lipinski definition) is 2. The van der Waals surface area contributed by atoms with E-state index in [1.165, 1.54) is 0 Å². The maximum Gasteiger partial charge on any atom is 0.0950 e. The van der Waals surface area contributed by atoms with Crippen LogP contribution in [0.3, 0.4) is 0 Å². The Hall–Kier alpha value is -2.46. The number of aliphatic hydroxyl groups is 1. The van der Waals surface area contributed by atoms with Crippen molar-refractivity contribution in [2.75, 3.05) is 5.32 Å². The Kier molecular flexibility index (Phi) is 3.56. The molecule has 0 fully saturated rings. The van der Waals surface area contributed by atoms with Crippen LogP contribution < -0.4 is 5.32 Å². The van der Waals surface area contributed by atoms with E-state index in [2.05, 4.69) is 15.5 Å². The smallest absolute Gasteiger partial charge is 0.0950 e. The Morgan fingerprint density at radius 3 is 2.50 bits per heavy atom. The second-order valence-electron chi connectivity index (χ2n) is 4.60. The minimum absolute atomic E-state index is 0.0760. The number of benzene rings is 2. The molecule has 0 aliphatic rings. The van der Waals surface area contributed by atoms with E-state index in [0.29, 0.717) is 6.54 Å². The Morgan fingerprint density at radius 2 is 1.70 bits per heavy atom. The first-order valence-corrected chi connectivity index (χ1v) is 6.50. The van der Waals surface area contributed by atoms with Gasteiger partial charge in [-0.25, -0.2) is 0 Å². The topological polar surface area (TPSA) is 58.0 Å². The highest BCUT2D eigenvalue weighted by atomic mass is 16.3. The summed E-state index contributed by atoms with van der Waals surface area (Å²) in [5.74, 6) is 0. The lowest BCUT2D eigenvalue weighted by atomic mass is 10.1. The Bertz CT molecular complexity index is 705. The molecule has 100 valence electrons. The highest BCUT2D eigenvalue weighted by molar-refractivity contribution is 5.90. The van der Waals surface area contributed by atoms with E-state index < -0.39 is 0 Å². The van der Waals surface area contributed by atoms with Crippen LogP contribution in [0.4, 0.5) is 5.69 Å². The molecule has 1 aromatic heterocycles. The first-order valence-electron chi connectivity index (χ1n) is 6.50. The van der Waals surface area contributed by atoms with Crippen molar-refractivity contribution in [2.45, 2.75) is 13.2 Å². The summed E-state index contributed by atoms with van der Waals surface area (Å²) in [6, 6.07) is 15.8. The van der Waals surface area contributed by atoms with Gasteiger partial charge < -0.3 is 10.4 Å². The summed E-state index contributed by atoms with van der Waals surface area (Å²) in [4.78, 5) is 0. The van der Waals surface area contributed by atoms with Gasteiger partial charge in [0.2, 0.25) is 0 Å². The van der Waals surface area contributed by atoms with Crippen LogP contribution in [0.15, 0.2) is 54.7 Å². The van der Waals surface area contributed by atoms with Crippen LogP contribution >= 0.6 is 0 Å². The van der Waals surface area contributed by atoms with Crippen molar-refractivity contribution in [3.8, 4) is 0 Å². The molecule has 0 saturated heterocycles. The van der Waals surface area contributed by atoms with Gasteiger partial charge in [-0.3, -0.25) is 0 Å². The van der Waals surface area contributed by atoms with Crippen molar-refractivity contribution in [3.63, 3.8) is 0 Å². The summed E-state index contributed by atoms with van der Waals surface area (Å²) in [6.07, 6.45) is 1.74. The zero-order valence-corrected chi connectivity index (χ0v) is 11.0. The second-order valence-corrected chi connectivity index (χ2v) is 4.60. The van der Waals surface area contributed by atoms with Gasteiger partial charge in [0.1, 0.15) is 0 Å². The van der Waals surface area contributed by atoms with Crippen molar-refractivity contribution in [3.05, 3.63) is 65.9 Å². The van der Waals surface area contributed by atoms with E-state index >= 15 is 0 Å². The highest BCUT2D eigenvalue weighted by Crippen LogP contribution is 2.20. The Labute approximate surface area is 117 Å². The van der Waals surface area contributed by atoms with Crippen LogP contribution in [0.2, 0.25) is 0 Å². The Morgan fingerprint density at radius 1 is 0.950 bits per heavy atom. The predicted molar refractivity (Wildman–Crippen MR) is 79.2 cm³/mol. The van der Waals surface area contributed by atoms with Crippen LogP contribution in [-0.2, 0) is 13.2 Å². The summed E-state index contributed by atoms with van der Waals surface area (Å²) in [6.45, 7) is 0.786. The van der Waals surface area contributed by atoms with Gasteiger partial charge in [-0.2, -0.15) is 10.2 Å². The number of rotatable bonds is 4. The lowest BCUT2D eigenvalue weighted by molar-refractivity contribution is 0.282. The van der Waals surface area contributed by atoms with E-state index in [4.69, 9.17) is 5.11 Å². The molecule has 0 spiro atoms. The first kappa shape index (κ1) is 12.6. The van der Waals surface area contributed by atoms with Crippen LogP contribution in [-0.4, -0.2) is 15.3 Å². The third-order valence-electron chi connectivity index (χ3n) is 3.24. The Balaban J connectivity index is 1.79. The van der Waals surface area contributed by atoms with Gasteiger partial charge in [0, 0.05) is 11.9 Å². The minimum Gasteiger partial charge on any atom is -0.392 e. The van der Waals surface area contributed by atoms with Gasteiger partial charge in [0.15, 0.2) is 0 Å². The van der Waals surface area contributed by atoms with Crippen molar-refractivity contribution < 1.29 is 5.11 Å². The maximum atomic E-state index is 9.02. The van der Waals surface area contributed by atoms with Gasteiger partial charge in [-0.1, -0.05) is 42.5 Å². The van der Waals surface area contributed by atoms with Crippen LogP contribution in [0, 0.1) is 0 Å². The summed E-state index contributed by atoms with van der Waals surface area (Å²) >= 11 is 0. The lowest BCUT2D eigenvalue weighted by Gasteiger charge is -2.09. The SMILES string of the molecule is OCc1ccc(CNc2cnnc3ccccc23)cc1. The highest BCUT2D eigenvalue weighted by Gasteiger charge is 2.02. The van der Waals surface area contributed by atoms with E-state index in [-0.39, 0.29) is 6.61 Å². The number of hydrogen-bond acceptors (Lipinski definition) is 4. The number of nitrogens with one attached hydrogen (secondary N) is 1. The monoisotopic (exact) mass is 265 g/mol. The molecule has 2 aromatic carbocycles. The number of nitrogens with zero attached hydrogens (tertiary/aromatic N) is 2. The quantitative estimate of drug-likeness (QED) is 0.761. The molecular formula is C16H15N3O. The van der Waals surface area contributed by atoms with Crippen LogP contribution in [0.25, 0.3) is 10.9 Å². The number of anilines is 1. The third kappa shape index (κ3) is 2.60. The number of fused-ring (bicyclic) bond motifs is 1. The van der Waals surface area contributed by atoms with E-state index in [1.807, 2.05) is 48.5 Å². The molecule has 1 heterocycles. The lowest BCUT2D eigenvalue weighted by Crippen LogP contribution is -2.01. The van der Waals surface area contributed by atoms with Gasteiger partial charge >= 0.3 is 0 Å². The molecule has 0 radical (unpaired) electrons. The van der Waals surface area contributed by atoms with Gasteiger partial charge in [0.05, 0.1) is 24.0 Å². The molecule has 4 nitrogen and oxygen atoms in total. The summed E-state index contributed by atoms with van der Waals surface area (Å²) in [7, 11) is 0. The van der Waals surface area contributed by atoms with Crippen LogP contribution in [0.5, 0.6) is 0 Å². The van der Waals surface area contributed by atoms with Crippen molar-refractivity contribution in [1.82, 2.24) is 10.2 Å². The second kappa shape index (κ2) is 5.67. The van der Waals surface area contributed by atoms with Gasteiger partial charge in [-0.15, -0.1) is 0 Å². The molecule has 2 N–H and O–H groups in total. The molecule has 0 aliphatic carbocycles. The summed E-state index contributed by atoms with van der Waals surface area (Å²) < 4.78 is 0. The van der Waals surface area contributed by atoms with E-state index in [1.54, 1.807) is 6.20 Å². The van der Waals surface area contributed by atoms with Gasteiger partial charge in [0.25, 0.3) is 0 Å². The molecule has 0 unspecified atom stereocenters. The molecule has 20 heavy (non-hydrogen) atoms. The molecule has 4 heteroatoms. The molecule has 0 atom stereocenters. The number of aromatic nitrogens is 2. The average molecular weight is 265 g/mol. The molecule has 0 aliphatic heterocycles. The zero-order chi connectivity index (χ0) is 13.8. The van der Waals surface area contributed by atoms with Crippen molar-refractivity contribution in [2.24, 2.45) is 0 Å². The standard InChI is InChI=1S/C16H15N3O/c20-11-13-7-5-12(6-8-13)9-17-16-10-18-19-15-4-2-1-3-14(15)16/h1-8,10,20H,9,11H2,(H,17,19). The molecule has 3 aromatic rings. The zero-order valence-electron chi connectivity index (χ0n) is 11.0. The molecular weight excluding hydrogens is 250 g/mol. The normalized spacial score (nSPS) is 10.7. The average Bonchev–Trinajstić information content (AvgIpc) is 2.53. The maximum absolute atomic E-state index is 9.02. The molecule has 0 bridgehead atoms.